The zero-order valence-corrected chi connectivity index (χ0v) is 13.3. The minimum absolute atomic E-state index is 0.368. The van der Waals surface area contributed by atoms with Gasteiger partial charge in [0.05, 0.1) is 5.69 Å². The van der Waals surface area contributed by atoms with Gasteiger partial charge >= 0.3 is 0 Å². The smallest absolute Gasteiger partial charge is 0.106 e. The van der Waals surface area contributed by atoms with Crippen LogP contribution in [0.2, 0.25) is 5.02 Å². The number of halogens is 1. The van der Waals surface area contributed by atoms with Gasteiger partial charge in [-0.1, -0.05) is 29.9 Å². The van der Waals surface area contributed by atoms with Gasteiger partial charge in [-0.2, -0.15) is 0 Å². The van der Waals surface area contributed by atoms with Gasteiger partial charge in [0.25, 0.3) is 0 Å². The van der Waals surface area contributed by atoms with Crippen molar-refractivity contribution < 1.29 is 0 Å². The molecule has 0 amide bonds. The lowest BCUT2D eigenvalue weighted by atomic mass is 10.1. The van der Waals surface area contributed by atoms with Gasteiger partial charge in [-0.05, 0) is 55.3 Å². The van der Waals surface area contributed by atoms with Crippen LogP contribution in [0.4, 0.5) is 11.4 Å². The van der Waals surface area contributed by atoms with Crippen LogP contribution in [0.5, 0.6) is 0 Å². The number of nitrogens with two attached hydrogens (primary N) is 1. The Morgan fingerprint density at radius 2 is 1.70 bits per heavy atom. The van der Waals surface area contributed by atoms with Gasteiger partial charge in [0.15, 0.2) is 0 Å². The summed E-state index contributed by atoms with van der Waals surface area (Å²) in [5.74, 6) is 0. The van der Waals surface area contributed by atoms with Crippen molar-refractivity contribution in [2.75, 3.05) is 11.9 Å². The van der Waals surface area contributed by atoms with Gasteiger partial charge in [-0.3, -0.25) is 0 Å². The molecule has 0 heterocycles. The molecule has 2 N–H and O–H groups in total. The van der Waals surface area contributed by atoms with Crippen LogP contribution in [-0.4, -0.2) is 12.0 Å². The molecule has 2 nitrogen and oxygen atoms in total. The normalized spacial score (nSPS) is 10.4. The molecule has 0 saturated heterocycles. The predicted molar refractivity (Wildman–Crippen MR) is 91.3 cm³/mol. The van der Waals surface area contributed by atoms with E-state index < -0.39 is 0 Å². The molecule has 0 saturated carbocycles. The summed E-state index contributed by atoms with van der Waals surface area (Å²) in [6, 6.07) is 11.9. The Balaban J connectivity index is 2.54. The van der Waals surface area contributed by atoms with Crippen molar-refractivity contribution in [2.45, 2.75) is 13.8 Å². The van der Waals surface area contributed by atoms with Crippen molar-refractivity contribution in [3.05, 3.63) is 58.1 Å². The maximum Gasteiger partial charge on any atom is 0.106 e. The van der Waals surface area contributed by atoms with E-state index in [-0.39, 0.29) is 0 Å². The summed E-state index contributed by atoms with van der Waals surface area (Å²) in [5, 5.41) is 0.663. The highest BCUT2D eigenvalue weighted by Crippen LogP contribution is 2.30. The molecule has 0 radical (unpaired) electrons. The molecular weight excluding hydrogens is 288 g/mol. The summed E-state index contributed by atoms with van der Waals surface area (Å²) in [7, 11) is 1.99. The Kier molecular flexibility index (Phi) is 4.31. The Labute approximate surface area is 130 Å². The van der Waals surface area contributed by atoms with Gasteiger partial charge in [-0.25, -0.2) is 0 Å². The molecule has 0 atom stereocenters. The van der Waals surface area contributed by atoms with Crippen LogP contribution in [0, 0.1) is 13.8 Å². The second kappa shape index (κ2) is 5.81. The van der Waals surface area contributed by atoms with Gasteiger partial charge < -0.3 is 10.6 Å². The van der Waals surface area contributed by atoms with E-state index in [1.54, 1.807) is 6.07 Å². The van der Waals surface area contributed by atoms with E-state index in [1.807, 2.05) is 19.2 Å². The highest BCUT2D eigenvalue weighted by Gasteiger charge is 2.12. The molecule has 0 spiro atoms. The van der Waals surface area contributed by atoms with Crippen LogP contribution in [0.1, 0.15) is 16.7 Å². The van der Waals surface area contributed by atoms with Crippen LogP contribution in [0.25, 0.3) is 0 Å². The van der Waals surface area contributed by atoms with E-state index in [9.17, 15) is 0 Å². The van der Waals surface area contributed by atoms with E-state index in [2.05, 4.69) is 36.9 Å². The van der Waals surface area contributed by atoms with Crippen LogP contribution < -0.4 is 10.6 Å². The molecule has 104 valence electrons. The number of aryl methyl sites for hydroxylation is 2. The predicted octanol–water partition coefficient (Wildman–Crippen LogP) is 4.36. The summed E-state index contributed by atoms with van der Waals surface area (Å²) in [6.45, 7) is 4.16. The van der Waals surface area contributed by atoms with Crippen molar-refractivity contribution in [1.82, 2.24) is 0 Å². The van der Waals surface area contributed by atoms with Crippen molar-refractivity contribution in [3.8, 4) is 0 Å². The highest BCUT2D eigenvalue weighted by atomic mass is 35.5. The van der Waals surface area contributed by atoms with E-state index in [1.165, 1.54) is 11.1 Å². The minimum Gasteiger partial charge on any atom is -0.389 e. The molecule has 0 unspecified atom stereocenters. The SMILES string of the molecule is Cc1cc(C)cc(N(C)c2cc(Cl)ccc2C(N)=S)c1. The third-order valence-electron chi connectivity index (χ3n) is 3.18. The van der Waals surface area contributed by atoms with Crippen molar-refractivity contribution in [1.29, 1.82) is 0 Å². The maximum absolute atomic E-state index is 6.10. The van der Waals surface area contributed by atoms with E-state index in [0.29, 0.717) is 10.0 Å². The average molecular weight is 305 g/mol. The number of benzene rings is 2. The van der Waals surface area contributed by atoms with Gasteiger partial charge in [0.1, 0.15) is 4.99 Å². The van der Waals surface area contributed by atoms with Crippen molar-refractivity contribution in [3.63, 3.8) is 0 Å². The minimum atomic E-state index is 0.368. The number of anilines is 2. The number of hydrogen-bond donors (Lipinski definition) is 1. The van der Waals surface area contributed by atoms with Crippen LogP contribution in [-0.2, 0) is 0 Å². The largest absolute Gasteiger partial charge is 0.389 e. The lowest BCUT2D eigenvalue weighted by Crippen LogP contribution is -2.18. The molecule has 2 aromatic rings. The number of rotatable bonds is 3. The van der Waals surface area contributed by atoms with Crippen molar-refractivity contribution >= 4 is 40.2 Å². The molecule has 0 aliphatic heterocycles. The molecule has 0 bridgehead atoms. The third-order valence-corrected chi connectivity index (χ3v) is 3.64. The lowest BCUT2D eigenvalue weighted by molar-refractivity contribution is 1.19. The summed E-state index contributed by atoms with van der Waals surface area (Å²) in [6.07, 6.45) is 0. The number of hydrogen-bond acceptors (Lipinski definition) is 2. The number of nitrogens with zero attached hydrogens (tertiary/aromatic N) is 1. The molecule has 2 aromatic carbocycles. The van der Waals surface area contributed by atoms with Crippen LogP contribution in [0.15, 0.2) is 36.4 Å². The van der Waals surface area contributed by atoms with Gasteiger partial charge in [0, 0.05) is 23.3 Å². The first-order valence-electron chi connectivity index (χ1n) is 6.30. The van der Waals surface area contributed by atoms with Crippen LogP contribution in [0.3, 0.4) is 0 Å². The first-order valence-corrected chi connectivity index (χ1v) is 7.08. The second-order valence-electron chi connectivity index (χ2n) is 4.93. The quantitative estimate of drug-likeness (QED) is 0.854. The fourth-order valence-corrected chi connectivity index (χ4v) is 2.61. The van der Waals surface area contributed by atoms with E-state index in [4.69, 9.17) is 29.6 Å². The number of thiocarbonyl (C=S) groups is 1. The van der Waals surface area contributed by atoms with Gasteiger partial charge in [0.2, 0.25) is 0 Å². The second-order valence-corrected chi connectivity index (χ2v) is 5.81. The third kappa shape index (κ3) is 3.11. The zero-order valence-electron chi connectivity index (χ0n) is 11.8. The molecular formula is C16H17ClN2S. The maximum atomic E-state index is 6.10. The summed E-state index contributed by atoms with van der Waals surface area (Å²) in [4.78, 5) is 2.42. The summed E-state index contributed by atoms with van der Waals surface area (Å²) < 4.78 is 0. The van der Waals surface area contributed by atoms with E-state index >= 15 is 0 Å². The topological polar surface area (TPSA) is 29.3 Å². The molecule has 0 aromatic heterocycles. The van der Waals surface area contributed by atoms with Crippen molar-refractivity contribution in [2.24, 2.45) is 5.73 Å². The highest BCUT2D eigenvalue weighted by molar-refractivity contribution is 7.80. The summed E-state index contributed by atoms with van der Waals surface area (Å²) >= 11 is 11.2. The molecule has 0 aliphatic rings. The van der Waals surface area contributed by atoms with E-state index in [0.717, 1.165) is 16.9 Å². The molecule has 0 aliphatic carbocycles. The average Bonchev–Trinajstić information content (AvgIpc) is 2.36. The zero-order chi connectivity index (χ0) is 14.9. The Morgan fingerprint density at radius 1 is 1.10 bits per heavy atom. The lowest BCUT2D eigenvalue weighted by Gasteiger charge is -2.23. The summed E-state index contributed by atoms with van der Waals surface area (Å²) in [5.41, 5.74) is 11.1. The van der Waals surface area contributed by atoms with Crippen LogP contribution >= 0.6 is 23.8 Å². The van der Waals surface area contributed by atoms with Gasteiger partial charge in [-0.15, -0.1) is 0 Å². The fourth-order valence-electron chi connectivity index (χ4n) is 2.27. The Bertz CT molecular complexity index is 647. The molecule has 2 rings (SSSR count). The molecule has 0 fully saturated rings. The Morgan fingerprint density at radius 3 is 2.25 bits per heavy atom. The standard InChI is InChI=1S/C16H17ClN2S/c1-10-6-11(2)8-13(7-10)19(3)15-9-12(17)4-5-14(15)16(18)20/h4-9H,1-3H3,(H2,18,20). The Hall–Kier alpha value is -1.58. The first kappa shape index (κ1) is 14.8. The molecule has 4 heteroatoms. The fraction of sp³-hybridized carbons (Fsp3) is 0.188. The monoisotopic (exact) mass is 304 g/mol. The first-order chi connectivity index (χ1) is 9.38. The molecule has 20 heavy (non-hydrogen) atoms.